The van der Waals surface area contributed by atoms with Crippen LogP contribution in [0.3, 0.4) is 0 Å². The van der Waals surface area contributed by atoms with Gasteiger partial charge in [0, 0.05) is 0 Å². The molecule has 0 fully saturated rings. The van der Waals surface area contributed by atoms with Crippen LogP contribution >= 0.6 is 0 Å². The van der Waals surface area contributed by atoms with Crippen molar-refractivity contribution in [3.8, 4) is 5.88 Å². The van der Waals surface area contributed by atoms with Crippen molar-refractivity contribution in [2.45, 2.75) is 26.9 Å². The molecule has 21 heavy (non-hydrogen) atoms. The van der Waals surface area contributed by atoms with Crippen LogP contribution in [0.1, 0.15) is 35.4 Å². The summed E-state index contributed by atoms with van der Waals surface area (Å²) in [6.45, 7) is 5.54. The minimum Gasteiger partial charge on any atom is -0.468 e. The SMILES string of the molecule is Cc1nnc(OC(C)c2ccccc2)c(/C(N)=N/O)c1C. The first kappa shape index (κ1) is 14.8. The summed E-state index contributed by atoms with van der Waals surface area (Å²) in [5.74, 6) is 0.213. The van der Waals surface area contributed by atoms with Gasteiger partial charge in [-0.25, -0.2) is 0 Å². The summed E-state index contributed by atoms with van der Waals surface area (Å²) in [7, 11) is 0. The van der Waals surface area contributed by atoms with E-state index in [0.717, 1.165) is 11.1 Å². The molecule has 0 aliphatic heterocycles. The molecular weight excluding hydrogens is 268 g/mol. The van der Waals surface area contributed by atoms with E-state index >= 15 is 0 Å². The maximum atomic E-state index is 8.94. The van der Waals surface area contributed by atoms with E-state index in [4.69, 9.17) is 15.7 Å². The van der Waals surface area contributed by atoms with E-state index in [0.29, 0.717) is 11.3 Å². The molecule has 0 aliphatic carbocycles. The first-order chi connectivity index (χ1) is 10.0. The molecule has 3 N–H and O–H groups in total. The monoisotopic (exact) mass is 286 g/mol. The van der Waals surface area contributed by atoms with Crippen LogP contribution in [0.25, 0.3) is 0 Å². The van der Waals surface area contributed by atoms with E-state index in [1.807, 2.05) is 44.2 Å². The fourth-order valence-electron chi connectivity index (χ4n) is 1.98. The Hall–Kier alpha value is -2.63. The second-order valence-corrected chi connectivity index (χ2v) is 4.75. The van der Waals surface area contributed by atoms with Crippen LogP contribution < -0.4 is 10.5 Å². The van der Waals surface area contributed by atoms with Crippen molar-refractivity contribution >= 4 is 5.84 Å². The number of hydrogen-bond donors (Lipinski definition) is 2. The third kappa shape index (κ3) is 3.10. The van der Waals surface area contributed by atoms with Gasteiger partial charge < -0.3 is 15.7 Å². The van der Waals surface area contributed by atoms with Gasteiger partial charge in [-0.3, -0.25) is 0 Å². The zero-order valence-electron chi connectivity index (χ0n) is 12.2. The quantitative estimate of drug-likeness (QED) is 0.389. The lowest BCUT2D eigenvalue weighted by molar-refractivity contribution is 0.214. The maximum absolute atomic E-state index is 8.94. The number of hydrogen-bond acceptors (Lipinski definition) is 5. The minimum absolute atomic E-state index is 0.0410. The fourth-order valence-corrected chi connectivity index (χ4v) is 1.98. The number of nitrogens with two attached hydrogens (primary N) is 1. The van der Waals surface area contributed by atoms with Crippen LogP contribution in [0, 0.1) is 13.8 Å². The summed E-state index contributed by atoms with van der Waals surface area (Å²) in [6, 6.07) is 9.73. The van der Waals surface area contributed by atoms with Crippen molar-refractivity contribution in [3.63, 3.8) is 0 Å². The standard InChI is InChI=1S/C15H18N4O2/c1-9-10(2)17-18-15(13(9)14(16)19-20)21-11(3)12-7-5-4-6-8-12/h4-8,11,20H,1-3H3,(H2,16,19). The molecule has 0 amide bonds. The van der Waals surface area contributed by atoms with Gasteiger partial charge in [-0.1, -0.05) is 35.5 Å². The fraction of sp³-hybridized carbons (Fsp3) is 0.267. The van der Waals surface area contributed by atoms with E-state index in [1.54, 1.807) is 6.92 Å². The number of aryl methyl sites for hydroxylation is 1. The zero-order valence-corrected chi connectivity index (χ0v) is 12.2. The highest BCUT2D eigenvalue weighted by Crippen LogP contribution is 2.25. The third-order valence-corrected chi connectivity index (χ3v) is 3.34. The number of nitrogens with zero attached hydrogens (tertiary/aromatic N) is 3. The summed E-state index contributed by atoms with van der Waals surface area (Å²) < 4.78 is 5.84. The van der Waals surface area contributed by atoms with Crippen LogP contribution in [0.2, 0.25) is 0 Å². The van der Waals surface area contributed by atoms with Crippen molar-refractivity contribution < 1.29 is 9.94 Å². The summed E-state index contributed by atoms with van der Waals surface area (Å²) in [5.41, 5.74) is 8.68. The van der Waals surface area contributed by atoms with Gasteiger partial charge in [0.05, 0.1) is 11.3 Å². The van der Waals surface area contributed by atoms with Crippen LogP contribution in [0.4, 0.5) is 0 Å². The Morgan fingerprint density at radius 1 is 1.24 bits per heavy atom. The van der Waals surface area contributed by atoms with Crippen molar-refractivity contribution in [1.82, 2.24) is 10.2 Å². The summed E-state index contributed by atoms with van der Waals surface area (Å²) in [5, 5.41) is 20.1. The van der Waals surface area contributed by atoms with Gasteiger partial charge in [0.2, 0.25) is 5.88 Å². The number of aromatic nitrogens is 2. The number of rotatable bonds is 4. The zero-order chi connectivity index (χ0) is 15.4. The Kier molecular flexibility index (Phi) is 4.37. The lowest BCUT2D eigenvalue weighted by atomic mass is 10.1. The first-order valence-electron chi connectivity index (χ1n) is 6.58. The molecular formula is C15H18N4O2. The predicted molar refractivity (Wildman–Crippen MR) is 79.5 cm³/mol. The summed E-state index contributed by atoms with van der Waals surface area (Å²) in [6.07, 6.45) is -0.229. The van der Waals surface area contributed by atoms with Gasteiger partial charge >= 0.3 is 0 Å². The van der Waals surface area contributed by atoms with Gasteiger partial charge in [0.15, 0.2) is 5.84 Å². The number of oxime groups is 1. The average Bonchev–Trinajstić information content (AvgIpc) is 2.51. The second-order valence-electron chi connectivity index (χ2n) is 4.75. The van der Waals surface area contributed by atoms with Crippen molar-refractivity contribution in [2.75, 3.05) is 0 Å². The Labute approximate surface area is 123 Å². The Morgan fingerprint density at radius 2 is 1.90 bits per heavy atom. The molecule has 1 heterocycles. The lowest BCUT2D eigenvalue weighted by Gasteiger charge is -2.17. The van der Waals surface area contributed by atoms with Crippen molar-refractivity contribution in [3.05, 3.63) is 52.7 Å². The average molecular weight is 286 g/mol. The molecule has 0 aliphatic rings. The van der Waals surface area contributed by atoms with E-state index < -0.39 is 0 Å². The highest BCUT2D eigenvalue weighted by molar-refractivity contribution is 6.00. The molecule has 1 atom stereocenters. The summed E-state index contributed by atoms with van der Waals surface area (Å²) >= 11 is 0. The van der Waals surface area contributed by atoms with Crippen LogP contribution in [-0.4, -0.2) is 21.2 Å². The maximum Gasteiger partial charge on any atom is 0.245 e. The molecule has 1 aromatic carbocycles. The van der Waals surface area contributed by atoms with Crippen molar-refractivity contribution in [2.24, 2.45) is 10.9 Å². The molecule has 6 nitrogen and oxygen atoms in total. The Balaban J connectivity index is 2.39. The van der Waals surface area contributed by atoms with Gasteiger partial charge in [0.1, 0.15) is 6.10 Å². The lowest BCUT2D eigenvalue weighted by Crippen LogP contribution is -2.19. The third-order valence-electron chi connectivity index (χ3n) is 3.34. The number of benzene rings is 1. The molecule has 6 heteroatoms. The van der Waals surface area contributed by atoms with Gasteiger partial charge in [-0.05, 0) is 31.9 Å². The van der Waals surface area contributed by atoms with E-state index in [9.17, 15) is 0 Å². The largest absolute Gasteiger partial charge is 0.468 e. The topological polar surface area (TPSA) is 93.6 Å². The van der Waals surface area contributed by atoms with E-state index in [-0.39, 0.29) is 17.8 Å². The molecule has 0 saturated carbocycles. The molecule has 0 radical (unpaired) electrons. The first-order valence-corrected chi connectivity index (χ1v) is 6.58. The molecule has 1 aromatic heterocycles. The second kappa shape index (κ2) is 6.21. The molecule has 2 aromatic rings. The number of amidine groups is 1. The molecule has 0 bridgehead atoms. The molecule has 110 valence electrons. The van der Waals surface area contributed by atoms with Crippen molar-refractivity contribution in [1.29, 1.82) is 0 Å². The van der Waals surface area contributed by atoms with Crippen LogP contribution in [0.15, 0.2) is 35.5 Å². The summed E-state index contributed by atoms with van der Waals surface area (Å²) in [4.78, 5) is 0. The number of ether oxygens (including phenoxy) is 1. The van der Waals surface area contributed by atoms with Crippen LogP contribution in [0.5, 0.6) is 5.88 Å². The smallest absolute Gasteiger partial charge is 0.245 e. The Morgan fingerprint density at radius 3 is 2.52 bits per heavy atom. The van der Waals surface area contributed by atoms with Gasteiger partial charge in [-0.15, -0.1) is 5.10 Å². The van der Waals surface area contributed by atoms with Gasteiger partial charge in [-0.2, -0.15) is 5.10 Å². The minimum atomic E-state index is -0.229. The normalized spacial score (nSPS) is 13.0. The van der Waals surface area contributed by atoms with E-state index in [2.05, 4.69) is 15.4 Å². The Bertz CT molecular complexity index is 656. The molecule has 1 unspecified atom stereocenters. The molecule has 0 spiro atoms. The highest BCUT2D eigenvalue weighted by atomic mass is 16.5. The molecule has 0 saturated heterocycles. The molecule has 2 rings (SSSR count). The van der Waals surface area contributed by atoms with Crippen LogP contribution in [-0.2, 0) is 0 Å². The van der Waals surface area contributed by atoms with Gasteiger partial charge in [0.25, 0.3) is 0 Å². The predicted octanol–water partition coefficient (Wildman–Crippen LogP) is 2.33. The highest BCUT2D eigenvalue weighted by Gasteiger charge is 2.19. The van der Waals surface area contributed by atoms with E-state index in [1.165, 1.54) is 0 Å².